The van der Waals surface area contributed by atoms with Crippen LogP contribution in [0.1, 0.15) is 65.7 Å². The SMILES string of the molecule is CC(C)(C)OC(=O)NCC1CCCCC1NCC1CCCC1O. The lowest BCUT2D eigenvalue weighted by atomic mass is 9.84. The lowest BCUT2D eigenvalue weighted by Crippen LogP contribution is -2.46. The average molecular weight is 326 g/mol. The summed E-state index contributed by atoms with van der Waals surface area (Å²) in [5.74, 6) is 0.853. The first-order chi connectivity index (χ1) is 10.8. The monoisotopic (exact) mass is 326 g/mol. The second kappa shape index (κ2) is 8.34. The van der Waals surface area contributed by atoms with Crippen molar-refractivity contribution in [3.05, 3.63) is 0 Å². The standard InChI is InChI=1S/C18H34N2O3/c1-18(2,3)23-17(22)20-11-13-7-4-5-9-15(13)19-12-14-8-6-10-16(14)21/h13-16,19,21H,4-12H2,1-3H3,(H,20,22). The smallest absolute Gasteiger partial charge is 0.407 e. The van der Waals surface area contributed by atoms with Crippen LogP contribution in [0.25, 0.3) is 0 Å². The van der Waals surface area contributed by atoms with Crippen molar-refractivity contribution in [1.82, 2.24) is 10.6 Å². The van der Waals surface area contributed by atoms with E-state index in [-0.39, 0.29) is 12.2 Å². The molecule has 2 saturated carbocycles. The molecule has 0 bridgehead atoms. The Bertz CT molecular complexity index is 381. The van der Waals surface area contributed by atoms with Crippen LogP contribution in [0.4, 0.5) is 4.79 Å². The van der Waals surface area contributed by atoms with Crippen LogP contribution < -0.4 is 10.6 Å². The first kappa shape index (κ1) is 18.5. The summed E-state index contributed by atoms with van der Waals surface area (Å²) in [6.45, 7) is 7.20. The zero-order valence-corrected chi connectivity index (χ0v) is 14.9. The van der Waals surface area contributed by atoms with Gasteiger partial charge in [0.1, 0.15) is 5.60 Å². The second-order valence-corrected chi connectivity index (χ2v) is 8.20. The molecule has 5 nitrogen and oxygen atoms in total. The van der Waals surface area contributed by atoms with Crippen LogP contribution in [0, 0.1) is 11.8 Å². The van der Waals surface area contributed by atoms with Crippen LogP contribution in [0.15, 0.2) is 0 Å². The third-order valence-electron chi connectivity index (χ3n) is 5.08. The fourth-order valence-electron chi connectivity index (χ4n) is 3.81. The number of rotatable bonds is 5. The Morgan fingerprint density at radius 1 is 1.04 bits per heavy atom. The molecule has 0 aliphatic heterocycles. The predicted molar refractivity (Wildman–Crippen MR) is 91.3 cm³/mol. The highest BCUT2D eigenvalue weighted by Gasteiger charge is 2.29. The summed E-state index contributed by atoms with van der Waals surface area (Å²) in [6.07, 6.45) is 7.52. The minimum absolute atomic E-state index is 0.135. The van der Waals surface area contributed by atoms with Crippen molar-refractivity contribution in [3.63, 3.8) is 0 Å². The largest absolute Gasteiger partial charge is 0.444 e. The van der Waals surface area contributed by atoms with Gasteiger partial charge in [-0.1, -0.05) is 19.3 Å². The summed E-state index contributed by atoms with van der Waals surface area (Å²) in [6, 6.07) is 0.437. The molecule has 0 spiro atoms. The van der Waals surface area contributed by atoms with Gasteiger partial charge < -0.3 is 20.5 Å². The van der Waals surface area contributed by atoms with Gasteiger partial charge in [-0.15, -0.1) is 0 Å². The van der Waals surface area contributed by atoms with Gasteiger partial charge in [-0.25, -0.2) is 4.79 Å². The van der Waals surface area contributed by atoms with Crippen molar-refractivity contribution in [2.45, 2.75) is 83.5 Å². The van der Waals surface area contributed by atoms with Gasteiger partial charge in [0, 0.05) is 19.1 Å². The molecular weight excluding hydrogens is 292 g/mol. The Morgan fingerprint density at radius 3 is 2.39 bits per heavy atom. The third-order valence-corrected chi connectivity index (χ3v) is 5.08. The molecule has 2 aliphatic carbocycles. The number of ether oxygens (including phenoxy) is 1. The Kier molecular flexibility index (Phi) is 6.72. The normalized spacial score (nSPS) is 31.8. The van der Waals surface area contributed by atoms with Crippen LogP contribution in [-0.2, 0) is 4.74 Å². The minimum atomic E-state index is -0.451. The van der Waals surface area contributed by atoms with Crippen molar-refractivity contribution in [3.8, 4) is 0 Å². The number of carbonyl (C=O) groups is 1. The fourth-order valence-corrected chi connectivity index (χ4v) is 3.81. The van der Waals surface area contributed by atoms with Crippen molar-refractivity contribution < 1.29 is 14.6 Å². The molecule has 0 aromatic heterocycles. The number of amides is 1. The molecule has 4 unspecified atom stereocenters. The molecule has 3 N–H and O–H groups in total. The highest BCUT2D eigenvalue weighted by Crippen LogP contribution is 2.27. The maximum absolute atomic E-state index is 11.8. The predicted octanol–water partition coefficient (Wildman–Crippen LogP) is 2.82. The van der Waals surface area contributed by atoms with Crippen molar-refractivity contribution in [2.75, 3.05) is 13.1 Å². The van der Waals surface area contributed by atoms with E-state index in [1.807, 2.05) is 20.8 Å². The van der Waals surface area contributed by atoms with Gasteiger partial charge in [0.2, 0.25) is 0 Å². The number of hydrogen-bond acceptors (Lipinski definition) is 4. The molecule has 134 valence electrons. The molecule has 2 fully saturated rings. The summed E-state index contributed by atoms with van der Waals surface area (Å²) < 4.78 is 5.32. The van der Waals surface area contributed by atoms with E-state index >= 15 is 0 Å². The maximum Gasteiger partial charge on any atom is 0.407 e. The molecule has 0 saturated heterocycles. The molecule has 1 amide bonds. The van der Waals surface area contributed by atoms with E-state index in [1.54, 1.807) is 0 Å². The maximum atomic E-state index is 11.8. The van der Waals surface area contributed by atoms with Crippen LogP contribution in [0.5, 0.6) is 0 Å². The van der Waals surface area contributed by atoms with E-state index in [0.717, 1.165) is 38.6 Å². The number of aliphatic hydroxyl groups excluding tert-OH is 1. The minimum Gasteiger partial charge on any atom is -0.444 e. The Morgan fingerprint density at radius 2 is 1.74 bits per heavy atom. The highest BCUT2D eigenvalue weighted by molar-refractivity contribution is 5.67. The van der Waals surface area contributed by atoms with E-state index in [0.29, 0.717) is 24.4 Å². The van der Waals surface area contributed by atoms with Crippen LogP contribution in [0.2, 0.25) is 0 Å². The average Bonchev–Trinajstić information content (AvgIpc) is 2.87. The Labute approximate surface area is 140 Å². The molecule has 4 atom stereocenters. The number of aliphatic hydroxyl groups is 1. The molecule has 0 aromatic carbocycles. The molecule has 5 heteroatoms. The van der Waals surface area contributed by atoms with Gasteiger partial charge in [0.15, 0.2) is 0 Å². The zero-order chi connectivity index (χ0) is 16.9. The fraction of sp³-hybridized carbons (Fsp3) is 0.944. The Hall–Kier alpha value is -0.810. The summed E-state index contributed by atoms with van der Waals surface area (Å²) >= 11 is 0. The highest BCUT2D eigenvalue weighted by atomic mass is 16.6. The van der Waals surface area contributed by atoms with Gasteiger partial charge in [-0.3, -0.25) is 0 Å². The van der Waals surface area contributed by atoms with Crippen LogP contribution >= 0.6 is 0 Å². The molecule has 2 rings (SSSR count). The first-order valence-corrected chi connectivity index (χ1v) is 9.23. The van der Waals surface area contributed by atoms with E-state index in [9.17, 15) is 9.90 Å². The summed E-state index contributed by atoms with van der Waals surface area (Å²) in [5, 5.41) is 16.5. The van der Waals surface area contributed by atoms with Gasteiger partial charge in [-0.2, -0.15) is 0 Å². The first-order valence-electron chi connectivity index (χ1n) is 9.23. The van der Waals surface area contributed by atoms with E-state index in [4.69, 9.17) is 4.74 Å². The Balaban J connectivity index is 1.75. The lowest BCUT2D eigenvalue weighted by Gasteiger charge is -2.33. The molecule has 0 aromatic rings. The zero-order valence-electron chi connectivity index (χ0n) is 14.9. The van der Waals surface area contributed by atoms with Crippen molar-refractivity contribution >= 4 is 6.09 Å². The number of alkyl carbamates (subject to hydrolysis) is 1. The van der Waals surface area contributed by atoms with E-state index in [2.05, 4.69) is 10.6 Å². The molecule has 23 heavy (non-hydrogen) atoms. The number of carbonyl (C=O) groups excluding carboxylic acids is 1. The second-order valence-electron chi connectivity index (χ2n) is 8.20. The van der Waals surface area contributed by atoms with E-state index in [1.165, 1.54) is 12.8 Å². The van der Waals surface area contributed by atoms with Crippen LogP contribution in [-0.4, -0.2) is 42.0 Å². The van der Waals surface area contributed by atoms with Crippen LogP contribution in [0.3, 0.4) is 0 Å². The quantitative estimate of drug-likeness (QED) is 0.726. The molecule has 0 heterocycles. The molecule has 0 radical (unpaired) electrons. The van der Waals surface area contributed by atoms with Crippen molar-refractivity contribution in [1.29, 1.82) is 0 Å². The van der Waals surface area contributed by atoms with Gasteiger partial charge in [0.25, 0.3) is 0 Å². The summed E-state index contributed by atoms with van der Waals surface area (Å²) in [4.78, 5) is 11.8. The van der Waals surface area contributed by atoms with Gasteiger partial charge in [0.05, 0.1) is 6.10 Å². The van der Waals surface area contributed by atoms with Gasteiger partial charge >= 0.3 is 6.09 Å². The molecule has 2 aliphatic rings. The third kappa shape index (κ3) is 6.30. The van der Waals surface area contributed by atoms with Crippen molar-refractivity contribution in [2.24, 2.45) is 11.8 Å². The summed E-state index contributed by atoms with van der Waals surface area (Å²) in [7, 11) is 0. The lowest BCUT2D eigenvalue weighted by molar-refractivity contribution is 0.0510. The van der Waals surface area contributed by atoms with Gasteiger partial charge in [-0.05, 0) is 58.3 Å². The topological polar surface area (TPSA) is 70.6 Å². The number of nitrogens with one attached hydrogen (secondary N) is 2. The summed E-state index contributed by atoms with van der Waals surface area (Å²) in [5.41, 5.74) is -0.451. The number of hydrogen-bond donors (Lipinski definition) is 3. The molecular formula is C18H34N2O3. The van der Waals surface area contributed by atoms with E-state index < -0.39 is 5.60 Å².